The Kier molecular flexibility index (Phi) is 4.91. The van der Waals surface area contributed by atoms with E-state index in [0.29, 0.717) is 0 Å². The normalized spacial score (nSPS) is 12.8. The summed E-state index contributed by atoms with van der Waals surface area (Å²) < 4.78 is 3.09. The number of aryl methyl sites for hydroxylation is 1. The molecule has 4 nitrogen and oxygen atoms in total. The Morgan fingerprint density at radius 1 is 1.50 bits per heavy atom. The summed E-state index contributed by atoms with van der Waals surface area (Å²) in [6, 6.07) is 0.102. The molecule has 1 unspecified atom stereocenters. The molecular formula is C12H17BrN4S. The van der Waals surface area contributed by atoms with Crippen LogP contribution in [-0.2, 0) is 6.54 Å². The first-order valence-electron chi connectivity index (χ1n) is 6.10. The molecule has 0 aromatic carbocycles. The van der Waals surface area contributed by atoms with Crippen LogP contribution < -0.4 is 5.32 Å². The minimum absolute atomic E-state index is 0.102. The first kappa shape index (κ1) is 13.7. The van der Waals surface area contributed by atoms with Crippen molar-refractivity contribution in [2.75, 3.05) is 6.54 Å². The molecule has 0 fully saturated rings. The minimum Gasteiger partial charge on any atom is -0.304 e. The van der Waals surface area contributed by atoms with Crippen LogP contribution in [0.15, 0.2) is 21.6 Å². The molecule has 0 aliphatic rings. The van der Waals surface area contributed by atoms with Crippen LogP contribution in [0, 0.1) is 0 Å². The fourth-order valence-electron chi connectivity index (χ4n) is 1.96. The maximum absolute atomic E-state index is 4.43. The zero-order valence-corrected chi connectivity index (χ0v) is 13.0. The highest BCUT2D eigenvalue weighted by atomic mass is 79.9. The summed E-state index contributed by atoms with van der Waals surface area (Å²) >= 11 is 5.22. The number of rotatable bonds is 6. The highest BCUT2D eigenvalue weighted by molar-refractivity contribution is 9.10. The summed E-state index contributed by atoms with van der Waals surface area (Å²) in [6.07, 6.45) is 2.93. The topological polar surface area (TPSA) is 42.7 Å². The van der Waals surface area contributed by atoms with Gasteiger partial charge in [-0.15, -0.1) is 11.3 Å². The van der Waals surface area contributed by atoms with E-state index < -0.39 is 0 Å². The van der Waals surface area contributed by atoms with Crippen LogP contribution in [0.5, 0.6) is 0 Å². The fourth-order valence-corrected chi connectivity index (χ4v) is 3.06. The van der Waals surface area contributed by atoms with Crippen LogP contribution in [-0.4, -0.2) is 21.3 Å². The van der Waals surface area contributed by atoms with Crippen molar-refractivity contribution in [3.63, 3.8) is 0 Å². The second-order valence-corrected chi connectivity index (χ2v) is 5.58. The molecular weight excluding hydrogens is 312 g/mol. The Balaban J connectivity index is 2.39. The van der Waals surface area contributed by atoms with Gasteiger partial charge in [-0.1, -0.05) is 13.8 Å². The standard InChI is InChI=1S/C12H17BrN4S/c1-3-5-17-12(9(13)6-16-17)11(14-4-2)10-7-18-8-15-10/h6-8,11,14H,3-5H2,1-2H3. The van der Waals surface area contributed by atoms with Crippen molar-refractivity contribution in [1.29, 1.82) is 0 Å². The van der Waals surface area contributed by atoms with E-state index in [4.69, 9.17) is 0 Å². The number of halogens is 1. The van der Waals surface area contributed by atoms with Gasteiger partial charge in [-0.2, -0.15) is 5.10 Å². The molecule has 2 aromatic heterocycles. The van der Waals surface area contributed by atoms with Crippen molar-refractivity contribution in [3.05, 3.63) is 32.9 Å². The predicted octanol–water partition coefficient (Wildman–Crippen LogP) is 3.21. The molecule has 1 N–H and O–H groups in total. The van der Waals surface area contributed by atoms with Gasteiger partial charge in [-0.3, -0.25) is 4.68 Å². The summed E-state index contributed by atoms with van der Waals surface area (Å²) in [5, 5.41) is 9.99. The van der Waals surface area contributed by atoms with E-state index in [1.165, 1.54) is 0 Å². The van der Waals surface area contributed by atoms with E-state index in [0.717, 1.165) is 35.4 Å². The molecule has 2 heterocycles. The van der Waals surface area contributed by atoms with Crippen LogP contribution in [0.25, 0.3) is 0 Å². The molecule has 0 amide bonds. The first-order valence-corrected chi connectivity index (χ1v) is 7.84. The number of thiazole rings is 1. The number of aromatic nitrogens is 3. The number of hydrogen-bond donors (Lipinski definition) is 1. The Hall–Kier alpha value is -0.720. The summed E-state index contributed by atoms with van der Waals surface area (Å²) in [6.45, 7) is 6.08. The van der Waals surface area contributed by atoms with Gasteiger partial charge in [0.05, 0.1) is 33.6 Å². The van der Waals surface area contributed by atoms with Crippen molar-refractivity contribution < 1.29 is 0 Å². The van der Waals surface area contributed by atoms with Crippen molar-refractivity contribution in [1.82, 2.24) is 20.1 Å². The molecule has 18 heavy (non-hydrogen) atoms. The quantitative estimate of drug-likeness (QED) is 0.885. The lowest BCUT2D eigenvalue weighted by Crippen LogP contribution is -2.25. The maximum Gasteiger partial charge on any atom is 0.0941 e. The number of nitrogens with one attached hydrogen (secondary N) is 1. The van der Waals surface area contributed by atoms with Crippen molar-refractivity contribution >= 4 is 27.3 Å². The van der Waals surface area contributed by atoms with Crippen LogP contribution in [0.1, 0.15) is 37.7 Å². The molecule has 2 rings (SSSR count). The smallest absolute Gasteiger partial charge is 0.0941 e. The molecule has 0 bridgehead atoms. The first-order chi connectivity index (χ1) is 8.77. The summed E-state index contributed by atoms with van der Waals surface area (Å²) in [5.41, 5.74) is 4.08. The highest BCUT2D eigenvalue weighted by Crippen LogP contribution is 2.28. The second kappa shape index (κ2) is 6.45. The number of hydrogen-bond acceptors (Lipinski definition) is 4. The third-order valence-electron chi connectivity index (χ3n) is 2.70. The molecule has 2 aromatic rings. The molecule has 6 heteroatoms. The summed E-state index contributed by atoms with van der Waals surface area (Å²) in [5.74, 6) is 0. The second-order valence-electron chi connectivity index (χ2n) is 4.00. The summed E-state index contributed by atoms with van der Waals surface area (Å²) in [4.78, 5) is 4.43. The lowest BCUT2D eigenvalue weighted by atomic mass is 10.1. The zero-order chi connectivity index (χ0) is 13.0. The van der Waals surface area contributed by atoms with Gasteiger partial charge in [-0.05, 0) is 28.9 Å². The van der Waals surface area contributed by atoms with Crippen LogP contribution >= 0.6 is 27.3 Å². The molecule has 0 aliphatic heterocycles. The van der Waals surface area contributed by atoms with Gasteiger partial charge >= 0.3 is 0 Å². The van der Waals surface area contributed by atoms with Gasteiger partial charge in [0.25, 0.3) is 0 Å². The van der Waals surface area contributed by atoms with Crippen molar-refractivity contribution in [2.24, 2.45) is 0 Å². The van der Waals surface area contributed by atoms with E-state index >= 15 is 0 Å². The van der Waals surface area contributed by atoms with Gasteiger partial charge < -0.3 is 5.32 Å². The molecule has 0 aliphatic carbocycles. The lowest BCUT2D eigenvalue weighted by Gasteiger charge is -2.18. The van der Waals surface area contributed by atoms with Crippen molar-refractivity contribution in [3.8, 4) is 0 Å². The zero-order valence-electron chi connectivity index (χ0n) is 10.6. The molecule has 0 radical (unpaired) electrons. The third kappa shape index (κ3) is 2.81. The maximum atomic E-state index is 4.43. The van der Waals surface area contributed by atoms with Crippen LogP contribution in [0.3, 0.4) is 0 Å². The van der Waals surface area contributed by atoms with E-state index in [2.05, 4.69) is 55.2 Å². The van der Waals surface area contributed by atoms with Crippen LogP contribution in [0.2, 0.25) is 0 Å². The van der Waals surface area contributed by atoms with Crippen LogP contribution in [0.4, 0.5) is 0 Å². The molecule has 0 saturated heterocycles. The highest BCUT2D eigenvalue weighted by Gasteiger charge is 2.22. The fraction of sp³-hybridized carbons (Fsp3) is 0.500. The van der Waals surface area contributed by atoms with E-state index in [-0.39, 0.29) is 6.04 Å². The SMILES string of the molecule is CCCn1ncc(Br)c1C(NCC)c1cscn1. The Bertz CT molecular complexity index is 480. The molecule has 0 saturated carbocycles. The van der Waals surface area contributed by atoms with E-state index in [9.17, 15) is 0 Å². The third-order valence-corrected chi connectivity index (χ3v) is 3.91. The average molecular weight is 329 g/mol. The van der Waals surface area contributed by atoms with Gasteiger partial charge in [0.15, 0.2) is 0 Å². The summed E-state index contributed by atoms with van der Waals surface area (Å²) in [7, 11) is 0. The number of nitrogens with zero attached hydrogens (tertiary/aromatic N) is 3. The minimum atomic E-state index is 0.102. The van der Waals surface area contributed by atoms with Gasteiger partial charge in [0.2, 0.25) is 0 Å². The van der Waals surface area contributed by atoms with Gasteiger partial charge in [0.1, 0.15) is 0 Å². The van der Waals surface area contributed by atoms with Gasteiger partial charge in [0, 0.05) is 11.9 Å². The Labute approximate surface area is 120 Å². The monoisotopic (exact) mass is 328 g/mol. The largest absolute Gasteiger partial charge is 0.304 e. The Morgan fingerprint density at radius 3 is 2.94 bits per heavy atom. The average Bonchev–Trinajstić information content (AvgIpc) is 2.98. The lowest BCUT2D eigenvalue weighted by molar-refractivity contribution is 0.514. The van der Waals surface area contributed by atoms with Gasteiger partial charge in [-0.25, -0.2) is 4.98 Å². The van der Waals surface area contributed by atoms with E-state index in [1.807, 2.05) is 11.7 Å². The molecule has 1 atom stereocenters. The predicted molar refractivity (Wildman–Crippen MR) is 77.9 cm³/mol. The van der Waals surface area contributed by atoms with Crippen molar-refractivity contribution in [2.45, 2.75) is 32.9 Å². The molecule has 0 spiro atoms. The Morgan fingerprint density at radius 2 is 2.33 bits per heavy atom. The van der Waals surface area contributed by atoms with E-state index in [1.54, 1.807) is 11.3 Å². The molecule has 98 valence electrons.